The first kappa shape index (κ1) is 11.6. The normalized spacial score (nSPS) is 18.9. The Morgan fingerprint density at radius 2 is 1.94 bits per heavy atom. The molecule has 0 amide bonds. The van der Waals surface area contributed by atoms with Crippen LogP contribution in [0.25, 0.3) is 6.08 Å². The third kappa shape index (κ3) is 3.04. The number of hydrogen-bond donors (Lipinski definition) is 0. The van der Waals surface area contributed by atoms with Crippen molar-refractivity contribution in [2.24, 2.45) is 4.99 Å². The van der Waals surface area contributed by atoms with Crippen LogP contribution in [0.5, 0.6) is 0 Å². The molecule has 1 heterocycles. The average molecular weight is 223 g/mol. The largest absolute Gasteiger partial charge is 0.281 e. The molecule has 0 fully saturated rings. The van der Waals surface area contributed by atoms with Gasteiger partial charge in [0, 0.05) is 6.21 Å². The quantitative estimate of drug-likeness (QED) is 0.717. The van der Waals surface area contributed by atoms with Crippen molar-refractivity contribution < 1.29 is 0 Å². The number of hydrogen-bond acceptors (Lipinski definition) is 1. The van der Waals surface area contributed by atoms with Crippen molar-refractivity contribution in [2.75, 3.05) is 0 Å². The standard InChI is InChI=1S/C16H17N/c1-13(2)15-9-6-12-17-16(15)11-10-14-7-4-3-5-8-14/h3-12,16H,1-2H3. The van der Waals surface area contributed by atoms with Gasteiger partial charge in [-0.1, -0.05) is 54.1 Å². The van der Waals surface area contributed by atoms with Crippen molar-refractivity contribution in [2.45, 2.75) is 19.9 Å². The van der Waals surface area contributed by atoms with Crippen molar-refractivity contribution in [3.63, 3.8) is 0 Å². The molecule has 17 heavy (non-hydrogen) atoms. The van der Waals surface area contributed by atoms with E-state index >= 15 is 0 Å². The minimum atomic E-state index is 0.158. The molecule has 0 N–H and O–H groups in total. The molecule has 1 heteroatoms. The lowest BCUT2D eigenvalue weighted by Crippen LogP contribution is -2.07. The zero-order valence-electron chi connectivity index (χ0n) is 10.3. The number of allylic oxidation sites excluding steroid dienone is 2. The molecule has 1 nitrogen and oxygen atoms in total. The molecule has 2 rings (SSSR count). The monoisotopic (exact) mass is 223 g/mol. The first-order valence-corrected chi connectivity index (χ1v) is 5.88. The number of dihydropyridines is 1. The van der Waals surface area contributed by atoms with E-state index in [4.69, 9.17) is 0 Å². The van der Waals surface area contributed by atoms with Crippen LogP contribution in [-0.4, -0.2) is 12.3 Å². The zero-order chi connectivity index (χ0) is 12.1. The van der Waals surface area contributed by atoms with Gasteiger partial charge in [0.25, 0.3) is 0 Å². The predicted molar refractivity (Wildman–Crippen MR) is 75.3 cm³/mol. The highest BCUT2D eigenvalue weighted by atomic mass is 14.8. The predicted octanol–water partition coefficient (Wildman–Crippen LogP) is 4.05. The van der Waals surface area contributed by atoms with Crippen LogP contribution in [0.4, 0.5) is 0 Å². The Kier molecular flexibility index (Phi) is 3.71. The van der Waals surface area contributed by atoms with Crippen molar-refractivity contribution in [1.29, 1.82) is 0 Å². The van der Waals surface area contributed by atoms with Gasteiger partial charge in [-0.05, 0) is 31.1 Å². The number of aliphatic imine (C=N–C) groups is 1. The maximum Gasteiger partial charge on any atom is 0.0932 e. The van der Waals surface area contributed by atoms with Gasteiger partial charge in [0.15, 0.2) is 0 Å². The maximum atomic E-state index is 4.49. The Bertz CT molecular complexity index is 486. The lowest BCUT2D eigenvalue weighted by Gasteiger charge is -2.14. The first-order valence-electron chi connectivity index (χ1n) is 5.88. The Morgan fingerprint density at radius 1 is 1.18 bits per heavy atom. The second-order valence-corrected chi connectivity index (χ2v) is 4.33. The van der Waals surface area contributed by atoms with Gasteiger partial charge in [-0.2, -0.15) is 0 Å². The highest BCUT2D eigenvalue weighted by Gasteiger charge is 2.09. The molecule has 0 radical (unpaired) electrons. The van der Waals surface area contributed by atoms with E-state index in [2.05, 4.69) is 49.2 Å². The Morgan fingerprint density at radius 3 is 2.65 bits per heavy atom. The fourth-order valence-electron chi connectivity index (χ4n) is 1.85. The summed E-state index contributed by atoms with van der Waals surface area (Å²) in [6.07, 6.45) is 10.3. The van der Waals surface area contributed by atoms with E-state index in [1.165, 1.54) is 16.7 Å². The second kappa shape index (κ2) is 5.44. The highest BCUT2D eigenvalue weighted by Crippen LogP contribution is 2.18. The van der Waals surface area contributed by atoms with E-state index in [1.54, 1.807) is 0 Å². The molecular formula is C16H17N. The summed E-state index contributed by atoms with van der Waals surface area (Å²) >= 11 is 0. The van der Waals surface area contributed by atoms with E-state index in [0.29, 0.717) is 0 Å². The van der Waals surface area contributed by atoms with Crippen LogP contribution < -0.4 is 0 Å². The molecule has 0 spiro atoms. The SMILES string of the molecule is CC(C)=C1C=CC=NC1C=Cc1ccccc1. The molecule has 0 saturated heterocycles. The molecule has 1 aliphatic rings. The molecule has 0 bridgehead atoms. The van der Waals surface area contributed by atoms with E-state index < -0.39 is 0 Å². The third-order valence-electron chi connectivity index (χ3n) is 2.78. The first-order chi connectivity index (χ1) is 8.27. The van der Waals surface area contributed by atoms with Crippen LogP contribution in [0.2, 0.25) is 0 Å². The Labute approximate surface area is 103 Å². The van der Waals surface area contributed by atoms with E-state index in [1.807, 2.05) is 30.5 Å². The van der Waals surface area contributed by atoms with Gasteiger partial charge in [0.05, 0.1) is 6.04 Å². The Hall–Kier alpha value is -1.89. The molecule has 86 valence electrons. The van der Waals surface area contributed by atoms with Crippen molar-refractivity contribution in [3.8, 4) is 0 Å². The van der Waals surface area contributed by atoms with Gasteiger partial charge in [-0.25, -0.2) is 0 Å². The summed E-state index contributed by atoms with van der Waals surface area (Å²) in [5, 5.41) is 0. The van der Waals surface area contributed by atoms with Crippen LogP contribution in [-0.2, 0) is 0 Å². The van der Waals surface area contributed by atoms with E-state index in [9.17, 15) is 0 Å². The summed E-state index contributed by atoms with van der Waals surface area (Å²) in [7, 11) is 0. The topological polar surface area (TPSA) is 12.4 Å². The number of nitrogens with zero attached hydrogens (tertiary/aromatic N) is 1. The summed E-state index contributed by atoms with van der Waals surface area (Å²) in [6, 6.07) is 10.5. The summed E-state index contributed by atoms with van der Waals surface area (Å²) in [6.45, 7) is 4.26. The van der Waals surface area contributed by atoms with Crippen molar-refractivity contribution in [3.05, 3.63) is 65.3 Å². The van der Waals surface area contributed by atoms with Crippen molar-refractivity contribution >= 4 is 12.3 Å². The summed E-state index contributed by atoms with van der Waals surface area (Å²) in [5.74, 6) is 0. The molecule has 1 atom stereocenters. The van der Waals surface area contributed by atoms with Crippen LogP contribution in [0.3, 0.4) is 0 Å². The molecule has 1 aromatic rings. The summed E-state index contributed by atoms with van der Waals surface area (Å²) in [5.41, 5.74) is 3.82. The third-order valence-corrected chi connectivity index (χ3v) is 2.78. The van der Waals surface area contributed by atoms with E-state index in [0.717, 1.165) is 0 Å². The zero-order valence-corrected chi connectivity index (χ0v) is 10.3. The van der Waals surface area contributed by atoms with Crippen LogP contribution >= 0.6 is 0 Å². The lowest BCUT2D eigenvalue weighted by molar-refractivity contribution is 0.961. The van der Waals surface area contributed by atoms with Crippen LogP contribution in [0.15, 0.2) is 64.7 Å². The highest BCUT2D eigenvalue weighted by molar-refractivity contribution is 5.75. The van der Waals surface area contributed by atoms with Gasteiger partial charge in [-0.3, -0.25) is 4.99 Å². The van der Waals surface area contributed by atoms with Gasteiger partial charge < -0.3 is 0 Å². The van der Waals surface area contributed by atoms with Gasteiger partial charge >= 0.3 is 0 Å². The number of rotatable bonds is 2. The molecule has 1 unspecified atom stereocenters. The maximum absolute atomic E-state index is 4.49. The smallest absolute Gasteiger partial charge is 0.0932 e. The summed E-state index contributed by atoms with van der Waals surface area (Å²) < 4.78 is 0. The van der Waals surface area contributed by atoms with Crippen LogP contribution in [0, 0.1) is 0 Å². The minimum absolute atomic E-state index is 0.158. The van der Waals surface area contributed by atoms with Gasteiger partial charge in [-0.15, -0.1) is 0 Å². The molecular weight excluding hydrogens is 206 g/mol. The van der Waals surface area contributed by atoms with Crippen LogP contribution in [0.1, 0.15) is 19.4 Å². The molecule has 0 saturated carbocycles. The average Bonchev–Trinajstić information content (AvgIpc) is 2.38. The fraction of sp³-hybridized carbons (Fsp3) is 0.188. The minimum Gasteiger partial charge on any atom is -0.281 e. The summed E-state index contributed by atoms with van der Waals surface area (Å²) in [4.78, 5) is 4.49. The van der Waals surface area contributed by atoms with E-state index in [-0.39, 0.29) is 6.04 Å². The Balaban J connectivity index is 2.19. The number of benzene rings is 1. The molecule has 1 aromatic carbocycles. The second-order valence-electron chi connectivity index (χ2n) is 4.33. The molecule has 0 aromatic heterocycles. The van der Waals surface area contributed by atoms with Crippen molar-refractivity contribution in [1.82, 2.24) is 0 Å². The molecule has 0 aliphatic carbocycles. The van der Waals surface area contributed by atoms with Gasteiger partial charge in [0.2, 0.25) is 0 Å². The lowest BCUT2D eigenvalue weighted by atomic mass is 9.99. The van der Waals surface area contributed by atoms with Gasteiger partial charge in [0.1, 0.15) is 0 Å². The molecule has 1 aliphatic heterocycles. The fourth-order valence-corrected chi connectivity index (χ4v) is 1.85.